The number of anilines is 1. The predicted molar refractivity (Wildman–Crippen MR) is 110 cm³/mol. The Morgan fingerprint density at radius 2 is 1.82 bits per heavy atom. The number of hydrogen-bond donors (Lipinski definition) is 2. The average molecular weight is 492 g/mol. The molecule has 34 heavy (non-hydrogen) atoms. The van der Waals surface area contributed by atoms with Crippen LogP contribution in [-0.4, -0.2) is 41.5 Å². The number of nitrogens with one attached hydrogen (secondary N) is 1. The lowest BCUT2D eigenvalue weighted by Gasteiger charge is -2.26. The molecule has 1 aromatic carbocycles. The van der Waals surface area contributed by atoms with Crippen molar-refractivity contribution in [1.82, 2.24) is 9.55 Å². The van der Waals surface area contributed by atoms with Gasteiger partial charge in [-0.25, -0.2) is 18.0 Å². The van der Waals surface area contributed by atoms with Gasteiger partial charge in [0, 0.05) is 30.6 Å². The number of aromatic amines is 1. The van der Waals surface area contributed by atoms with Crippen molar-refractivity contribution >= 4 is 16.6 Å². The van der Waals surface area contributed by atoms with E-state index < -0.39 is 82.0 Å². The first-order chi connectivity index (χ1) is 15.9. The van der Waals surface area contributed by atoms with Gasteiger partial charge in [-0.3, -0.25) is 14.3 Å². The molecular formula is C21H22F6N4O3. The van der Waals surface area contributed by atoms with Crippen LogP contribution < -0.4 is 26.6 Å². The zero-order chi connectivity index (χ0) is 24.7. The van der Waals surface area contributed by atoms with Crippen LogP contribution >= 0.6 is 0 Å². The van der Waals surface area contributed by atoms with E-state index in [0.717, 1.165) is 16.6 Å². The second-order valence-electron chi connectivity index (χ2n) is 9.39. The Balaban J connectivity index is 1.80. The second kappa shape index (κ2) is 7.40. The van der Waals surface area contributed by atoms with E-state index >= 15 is 4.39 Å². The van der Waals surface area contributed by atoms with Crippen molar-refractivity contribution in [1.29, 1.82) is 0 Å². The molecule has 13 heteroatoms. The largest absolute Gasteiger partial charge is 0.492 e. The molecule has 0 spiro atoms. The van der Waals surface area contributed by atoms with Crippen molar-refractivity contribution in [2.45, 2.75) is 49.9 Å². The fourth-order valence-corrected chi connectivity index (χ4v) is 5.25. The molecule has 0 amide bonds. The normalized spacial score (nSPS) is 24.3. The third-order valence-electron chi connectivity index (χ3n) is 7.24. The molecule has 3 fully saturated rings. The molecule has 2 saturated carbocycles. The first kappa shape index (κ1) is 23.1. The number of fused-ring (bicyclic) bond motifs is 1. The number of ether oxygens (including phenoxy) is 1. The standard InChI is InChI=1S/C21H22F6N4O3/c1-34-16-14-12(18(32)29-19(33)31(14)8-2-3-8)11(17(23)24)13(22)15(16)30-6-9(20(28)4-5-20)10(7-30)21(25,26)27/h8-10,17H,2-7,28H2,1H3,(H,29,32,33). The summed E-state index contributed by atoms with van der Waals surface area (Å²) in [6.07, 6.45) is -6.35. The number of aromatic nitrogens is 2. The van der Waals surface area contributed by atoms with E-state index in [1.54, 1.807) is 0 Å². The SMILES string of the molecule is COc1c(N2CC(C(F)(F)F)C(C3(N)CC3)C2)c(F)c(C(F)F)c2c(=O)[nH]c(=O)n(C3CC3)c12. The lowest BCUT2D eigenvalue weighted by atomic mass is 9.87. The summed E-state index contributed by atoms with van der Waals surface area (Å²) in [5.74, 6) is -4.95. The van der Waals surface area contributed by atoms with Gasteiger partial charge in [0.2, 0.25) is 0 Å². The fourth-order valence-electron chi connectivity index (χ4n) is 5.25. The van der Waals surface area contributed by atoms with Crippen molar-refractivity contribution in [3.63, 3.8) is 0 Å². The maximum absolute atomic E-state index is 15.7. The van der Waals surface area contributed by atoms with Crippen molar-refractivity contribution < 1.29 is 31.1 Å². The van der Waals surface area contributed by atoms with E-state index in [2.05, 4.69) is 0 Å². The van der Waals surface area contributed by atoms with Crippen molar-refractivity contribution in [2.24, 2.45) is 17.6 Å². The Kier molecular flexibility index (Phi) is 5.02. The molecule has 2 unspecified atom stereocenters. The summed E-state index contributed by atoms with van der Waals surface area (Å²) in [6.45, 7) is -1.05. The predicted octanol–water partition coefficient (Wildman–Crippen LogP) is 3.22. The third-order valence-corrected chi connectivity index (χ3v) is 7.24. The van der Waals surface area contributed by atoms with Crippen LogP contribution in [0.1, 0.15) is 43.7 Å². The summed E-state index contributed by atoms with van der Waals surface area (Å²) in [5, 5.41) is -0.750. The Labute approximate surface area is 188 Å². The van der Waals surface area contributed by atoms with Gasteiger partial charge < -0.3 is 15.4 Å². The highest BCUT2D eigenvalue weighted by Gasteiger charge is 2.60. The first-order valence-electron chi connectivity index (χ1n) is 10.9. The van der Waals surface area contributed by atoms with Crippen LogP contribution in [0.3, 0.4) is 0 Å². The maximum Gasteiger partial charge on any atom is 0.393 e. The van der Waals surface area contributed by atoms with E-state index in [-0.39, 0.29) is 12.1 Å². The van der Waals surface area contributed by atoms with Gasteiger partial charge in [-0.1, -0.05) is 0 Å². The average Bonchev–Trinajstić information content (AvgIpc) is 3.66. The van der Waals surface area contributed by atoms with Crippen LogP contribution in [0.25, 0.3) is 10.9 Å². The van der Waals surface area contributed by atoms with Gasteiger partial charge in [0.1, 0.15) is 11.2 Å². The van der Waals surface area contributed by atoms with Gasteiger partial charge in [0.05, 0.1) is 24.0 Å². The molecule has 2 atom stereocenters. The maximum atomic E-state index is 15.7. The van der Waals surface area contributed by atoms with Crippen LogP contribution in [0.5, 0.6) is 5.75 Å². The zero-order valence-corrected chi connectivity index (χ0v) is 18.0. The summed E-state index contributed by atoms with van der Waals surface area (Å²) in [6, 6.07) is -0.433. The third kappa shape index (κ3) is 3.38. The molecule has 2 heterocycles. The molecule has 7 nitrogen and oxygen atoms in total. The lowest BCUT2D eigenvalue weighted by Crippen LogP contribution is -2.42. The van der Waals surface area contributed by atoms with E-state index in [9.17, 15) is 31.5 Å². The van der Waals surface area contributed by atoms with Crippen LogP contribution in [0, 0.1) is 17.7 Å². The van der Waals surface area contributed by atoms with Crippen molar-refractivity contribution in [2.75, 3.05) is 25.1 Å². The number of H-pyrrole nitrogens is 1. The number of methoxy groups -OCH3 is 1. The molecule has 1 aliphatic heterocycles. The zero-order valence-electron chi connectivity index (χ0n) is 18.0. The van der Waals surface area contributed by atoms with Gasteiger partial charge in [-0.2, -0.15) is 13.2 Å². The fraction of sp³-hybridized carbons (Fsp3) is 0.619. The van der Waals surface area contributed by atoms with E-state index in [4.69, 9.17) is 10.5 Å². The summed E-state index contributed by atoms with van der Waals surface area (Å²) in [4.78, 5) is 28.1. The summed E-state index contributed by atoms with van der Waals surface area (Å²) in [5.41, 5.74) is 0.687. The topological polar surface area (TPSA) is 93.3 Å². The lowest BCUT2D eigenvalue weighted by molar-refractivity contribution is -0.181. The van der Waals surface area contributed by atoms with Gasteiger partial charge >= 0.3 is 11.9 Å². The number of hydrogen-bond acceptors (Lipinski definition) is 5. The van der Waals surface area contributed by atoms with Gasteiger partial charge in [0.15, 0.2) is 11.6 Å². The van der Waals surface area contributed by atoms with Crippen molar-refractivity contribution in [3.8, 4) is 5.75 Å². The van der Waals surface area contributed by atoms with Gasteiger partial charge in [0.25, 0.3) is 12.0 Å². The molecule has 0 bridgehead atoms. The number of benzene rings is 1. The number of alkyl halides is 5. The molecular weight excluding hydrogens is 470 g/mol. The van der Waals surface area contributed by atoms with Crippen LogP contribution in [0.15, 0.2) is 9.59 Å². The van der Waals surface area contributed by atoms with E-state index in [1.807, 2.05) is 4.98 Å². The van der Waals surface area contributed by atoms with Crippen LogP contribution in [-0.2, 0) is 0 Å². The van der Waals surface area contributed by atoms with Crippen LogP contribution in [0.4, 0.5) is 32.0 Å². The molecule has 3 aliphatic rings. The van der Waals surface area contributed by atoms with Crippen molar-refractivity contribution in [3.05, 3.63) is 32.2 Å². The summed E-state index contributed by atoms with van der Waals surface area (Å²) < 4.78 is 91.9. The molecule has 2 aliphatic carbocycles. The smallest absolute Gasteiger partial charge is 0.393 e. The number of nitrogens with zero attached hydrogens (tertiary/aromatic N) is 2. The molecule has 5 rings (SSSR count). The molecule has 1 saturated heterocycles. The summed E-state index contributed by atoms with van der Waals surface area (Å²) in [7, 11) is 1.09. The highest BCUT2D eigenvalue weighted by atomic mass is 19.4. The van der Waals surface area contributed by atoms with E-state index in [0.29, 0.717) is 25.7 Å². The Morgan fingerprint density at radius 3 is 2.32 bits per heavy atom. The minimum Gasteiger partial charge on any atom is -0.492 e. The number of rotatable bonds is 5. The summed E-state index contributed by atoms with van der Waals surface area (Å²) >= 11 is 0. The van der Waals surface area contributed by atoms with Gasteiger partial charge in [-0.05, 0) is 25.7 Å². The monoisotopic (exact) mass is 492 g/mol. The van der Waals surface area contributed by atoms with Crippen LogP contribution in [0.2, 0.25) is 0 Å². The molecule has 2 aromatic rings. The van der Waals surface area contributed by atoms with Gasteiger partial charge in [-0.15, -0.1) is 0 Å². The minimum atomic E-state index is -4.65. The highest BCUT2D eigenvalue weighted by Crippen LogP contribution is 2.54. The number of nitrogens with two attached hydrogens (primary N) is 1. The molecule has 0 radical (unpaired) electrons. The Morgan fingerprint density at radius 1 is 1.18 bits per heavy atom. The van der Waals surface area contributed by atoms with E-state index in [1.165, 1.54) is 0 Å². The Bertz CT molecular complexity index is 1270. The number of halogens is 6. The quantitative estimate of drug-likeness (QED) is 0.626. The second-order valence-corrected chi connectivity index (χ2v) is 9.39. The molecule has 1 aromatic heterocycles. The minimum absolute atomic E-state index is 0.334. The molecule has 186 valence electrons. The highest BCUT2D eigenvalue weighted by molar-refractivity contribution is 5.94. The molecule has 3 N–H and O–H groups in total. The Hall–Kier alpha value is -2.70. The first-order valence-corrected chi connectivity index (χ1v) is 10.9.